The number of nitrogens with zero attached hydrogens (tertiary/aromatic N) is 3. The van der Waals surface area contributed by atoms with Gasteiger partial charge >= 0.3 is 0 Å². The maximum Gasteiger partial charge on any atom is 0.183 e. The minimum Gasteiger partial charge on any atom is -0.381 e. The molecule has 0 aromatic carbocycles. The number of hydrogen-bond donors (Lipinski definition) is 1. The first-order valence-corrected chi connectivity index (χ1v) is 4.76. The second-order valence-corrected chi connectivity index (χ2v) is 3.81. The van der Waals surface area contributed by atoms with Gasteiger partial charge in [-0.25, -0.2) is 9.97 Å². The first kappa shape index (κ1) is 8.95. The molecule has 14 heavy (non-hydrogen) atoms. The Morgan fingerprint density at radius 3 is 2.93 bits per heavy atom. The molecule has 0 saturated heterocycles. The average molecular weight is 188 g/mol. The van der Waals surface area contributed by atoms with Crippen LogP contribution in [-0.2, 0) is 12.8 Å². The lowest BCUT2D eigenvalue weighted by Gasteiger charge is -2.19. The van der Waals surface area contributed by atoms with Crippen LogP contribution in [0.2, 0.25) is 0 Å². The third-order valence-electron chi connectivity index (χ3n) is 2.60. The molecule has 1 aliphatic carbocycles. The topological polar surface area (TPSA) is 75.6 Å². The average Bonchev–Trinajstić information content (AvgIpc) is 2.17. The number of anilines is 1. The van der Waals surface area contributed by atoms with E-state index in [1.807, 2.05) is 6.07 Å². The zero-order valence-electron chi connectivity index (χ0n) is 8.12. The monoisotopic (exact) mass is 188 g/mol. The summed E-state index contributed by atoms with van der Waals surface area (Å²) in [4.78, 5) is 8.44. The maximum atomic E-state index is 8.75. The van der Waals surface area contributed by atoms with Crippen LogP contribution in [0.15, 0.2) is 0 Å². The van der Waals surface area contributed by atoms with Crippen LogP contribution in [-0.4, -0.2) is 9.97 Å². The maximum absolute atomic E-state index is 8.75. The Morgan fingerprint density at radius 1 is 1.43 bits per heavy atom. The molecule has 2 rings (SSSR count). The molecular weight excluding hydrogens is 176 g/mol. The van der Waals surface area contributed by atoms with Crippen molar-refractivity contribution in [2.24, 2.45) is 5.92 Å². The van der Waals surface area contributed by atoms with Crippen LogP contribution < -0.4 is 5.73 Å². The van der Waals surface area contributed by atoms with E-state index in [9.17, 15) is 0 Å². The third kappa shape index (κ3) is 1.41. The van der Waals surface area contributed by atoms with Crippen molar-refractivity contribution in [1.29, 1.82) is 5.26 Å². The Balaban J connectivity index is 2.47. The number of fused-ring (bicyclic) bond motifs is 1. The third-order valence-corrected chi connectivity index (χ3v) is 2.60. The number of nitriles is 1. The number of aromatic nitrogens is 2. The molecule has 0 radical (unpaired) electrons. The highest BCUT2D eigenvalue weighted by atomic mass is 14.9. The molecule has 0 amide bonds. The fourth-order valence-electron chi connectivity index (χ4n) is 1.78. The van der Waals surface area contributed by atoms with Crippen LogP contribution >= 0.6 is 0 Å². The Kier molecular flexibility index (Phi) is 2.08. The normalized spacial score (nSPS) is 19.9. The number of nitrogen functional groups attached to an aromatic ring is 1. The van der Waals surface area contributed by atoms with Crippen molar-refractivity contribution in [2.75, 3.05) is 5.73 Å². The van der Waals surface area contributed by atoms with Crippen LogP contribution in [0.5, 0.6) is 0 Å². The lowest BCUT2D eigenvalue weighted by Crippen LogP contribution is -2.17. The van der Waals surface area contributed by atoms with Crippen molar-refractivity contribution < 1.29 is 0 Å². The van der Waals surface area contributed by atoms with Gasteiger partial charge in [-0.3, -0.25) is 0 Å². The molecule has 1 heterocycles. The second-order valence-electron chi connectivity index (χ2n) is 3.81. The van der Waals surface area contributed by atoms with Crippen molar-refractivity contribution in [2.45, 2.75) is 26.2 Å². The van der Waals surface area contributed by atoms with Gasteiger partial charge in [0.15, 0.2) is 11.5 Å². The fourth-order valence-corrected chi connectivity index (χ4v) is 1.78. The molecule has 4 nitrogen and oxygen atoms in total. The molecule has 72 valence electrons. The Bertz CT molecular complexity index is 405. The molecule has 1 unspecified atom stereocenters. The van der Waals surface area contributed by atoms with Crippen LogP contribution in [0.25, 0.3) is 0 Å². The molecule has 2 N–H and O–H groups in total. The van der Waals surface area contributed by atoms with Crippen LogP contribution in [0.1, 0.15) is 30.4 Å². The first-order valence-electron chi connectivity index (χ1n) is 4.76. The molecule has 0 spiro atoms. The van der Waals surface area contributed by atoms with E-state index in [0.29, 0.717) is 5.92 Å². The standard InChI is InChI=1S/C10H12N4/c1-6-2-3-7-8(4-6)13-9(5-11)10(12)14-7/h6H,2-4H2,1H3,(H2,12,14). The molecular formula is C10H12N4. The summed E-state index contributed by atoms with van der Waals surface area (Å²) in [7, 11) is 0. The van der Waals surface area contributed by atoms with Crippen molar-refractivity contribution >= 4 is 5.82 Å². The van der Waals surface area contributed by atoms with Crippen molar-refractivity contribution in [1.82, 2.24) is 9.97 Å². The fraction of sp³-hybridized carbons (Fsp3) is 0.500. The molecule has 0 fully saturated rings. The molecule has 4 heteroatoms. The molecule has 0 bridgehead atoms. The first-order chi connectivity index (χ1) is 6.70. The highest BCUT2D eigenvalue weighted by molar-refractivity contribution is 5.45. The Labute approximate surface area is 82.8 Å². The van der Waals surface area contributed by atoms with Gasteiger partial charge in [0.2, 0.25) is 0 Å². The van der Waals surface area contributed by atoms with Gasteiger partial charge < -0.3 is 5.73 Å². The summed E-state index contributed by atoms with van der Waals surface area (Å²) >= 11 is 0. The van der Waals surface area contributed by atoms with E-state index in [0.717, 1.165) is 30.7 Å². The zero-order chi connectivity index (χ0) is 10.1. The summed E-state index contributed by atoms with van der Waals surface area (Å²) in [5.41, 5.74) is 7.78. The summed E-state index contributed by atoms with van der Waals surface area (Å²) in [5, 5.41) is 8.75. The van der Waals surface area contributed by atoms with E-state index in [1.165, 1.54) is 0 Å². The lowest BCUT2D eigenvalue weighted by molar-refractivity contribution is 0.484. The predicted octanol–water partition coefficient (Wildman–Crippen LogP) is 1.06. The molecule has 1 aromatic rings. The second kappa shape index (κ2) is 3.26. The molecule has 0 saturated carbocycles. The van der Waals surface area contributed by atoms with Gasteiger partial charge in [-0.2, -0.15) is 5.26 Å². The van der Waals surface area contributed by atoms with Crippen LogP contribution in [0, 0.1) is 17.2 Å². The Hall–Kier alpha value is -1.63. The van der Waals surface area contributed by atoms with Gasteiger partial charge in [0.25, 0.3) is 0 Å². The van der Waals surface area contributed by atoms with E-state index in [-0.39, 0.29) is 11.5 Å². The van der Waals surface area contributed by atoms with E-state index >= 15 is 0 Å². The van der Waals surface area contributed by atoms with Crippen molar-refractivity contribution in [3.63, 3.8) is 0 Å². The van der Waals surface area contributed by atoms with E-state index in [1.54, 1.807) is 0 Å². The van der Waals surface area contributed by atoms with Gasteiger partial charge in [-0.1, -0.05) is 6.92 Å². The minimum atomic E-state index is 0.262. The number of rotatable bonds is 0. The van der Waals surface area contributed by atoms with Crippen LogP contribution in [0.3, 0.4) is 0 Å². The van der Waals surface area contributed by atoms with Crippen LogP contribution in [0.4, 0.5) is 5.82 Å². The smallest absolute Gasteiger partial charge is 0.183 e. The molecule has 1 aliphatic rings. The zero-order valence-corrected chi connectivity index (χ0v) is 8.12. The summed E-state index contributed by atoms with van der Waals surface area (Å²) in [6.07, 6.45) is 2.98. The molecule has 1 atom stereocenters. The van der Waals surface area contributed by atoms with Gasteiger partial charge in [0, 0.05) is 0 Å². The summed E-state index contributed by atoms with van der Waals surface area (Å²) in [6.45, 7) is 2.19. The number of aryl methyl sites for hydroxylation is 1. The van der Waals surface area contributed by atoms with Crippen molar-refractivity contribution in [3.05, 3.63) is 17.1 Å². The minimum absolute atomic E-state index is 0.262. The summed E-state index contributed by atoms with van der Waals surface area (Å²) in [5.74, 6) is 0.896. The molecule has 0 aliphatic heterocycles. The highest BCUT2D eigenvalue weighted by Crippen LogP contribution is 2.23. The molecule has 1 aromatic heterocycles. The van der Waals surface area contributed by atoms with E-state index in [4.69, 9.17) is 11.0 Å². The number of hydrogen-bond acceptors (Lipinski definition) is 4. The van der Waals surface area contributed by atoms with Gasteiger partial charge in [-0.15, -0.1) is 0 Å². The Morgan fingerprint density at radius 2 is 2.21 bits per heavy atom. The largest absolute Gasteiger partial charge is 0.381 e. The lowest BCUT2D eigenvalue weighted by atomic mass is 9.91. The summed E-state index contributed by atoms with van der Waals surface area (Å²) < 4.78 is 0. The van der Waals surface area contributed by atoms with E-state index < -0.39 is 0 Å². The van der Waals surface area contributed by atoms with E-state index in [2.05, 4.69) is 16.9 Å². The summed E-state index contributed by atoms with van der Waals surface area (Å²) in [6, 6.07) is 1.96. The van der Waals surface area contributed by atoms with Gasteiger partial charge in [-0.05, 0) is 25.2 Å². The van der Waals surface area contributed by atoms with Gasteiger partial charge in [0.1, 0.15) is 6.07 Å². The highest BCUT2D eigenvalue weighted by Gasteiger charge is 2.19. The number of nitrogens with two attached hydrogens (primary N) is 1. The quantitative estimate of drug-likeness (QED) is 0.660. The SMILES string of the molecule is CC1CCc2nc(N)c(C#N)nc2C1. The predicted molar refractivity (Wildman–Crippen MR) is 52.3 cm³/mol. The van der Waals surface area contributed by atoms with Gasteiger partial charge in [0.05, 0.1) is 11.4 Å². The van der Waals surface area contributed by atoms with Crippen molar-refractivity contribution in [3.8, 4) is 6.07 Å².